The molecular formula is C12H19NO3. The lowest BCUT2D eigenvalue weighted by Gasteiger charge is -2.24. The Kier molecular flexibility index (Phi) is 4.05. The van der Waals surface area contributed by atoms with Crippen LogP contribution in [0.25, 0.3) is 0 Å². The van der Waals surface area contributed by atoms with Gasteiger partial charge >= 0.3 is 6.09 Å². The summed E-state index contributed by atoms with van der Waals surface area (Å²) in [5, 5.41) is 0. The Morgan fingerprint density at radius 1 is 1.44 bits per heavy atom. The Labute approximate surface area is 96.9 Å². The van der Waals surface area contributed by atoms with Gasteiger partial charge in [-0.05, 0) is 20.8 Å². The normalized spacial score (nSPS) is 20.0. The van der Waals surface area contributed by atoms with Crippen LogP contribution in [0.5, 0.6) is 0 Å². The summed E-state index contributed by atoms with van der Waals surface area (Å²) in [6.45, 7) is 8.53. The first-order valence-electron chi connectivity index (χ1n) is 5.47. The largest absolute Gasteiger partial charge is 0.444 e. The average molecular weight is 225 g/mol. The van der Waals surface area contributed by atoms with Crippen molar-refractivity contribution in [2.75, 3.05) is 13.1 Å². The fraction of sp³-hybridized carbons (Fsp3) is 0.750. The number of carbonyl (C=O) groups excluding carboxylic acids is 1. The van der Waals surface area contributed by atoms with Crippen molar-refractivity contribution in [3.8, 4) is 12.0 Å². The Morgan fingerprint density at radius 3 is 2.69 bits per heavy atom. The van der Waals surface area contributed by atoms with Gasteiger partial charge in [-0.3, -0.25) is 0 Å². The van der Waals surface area contributed by atoms with Crippen molar-refractivity contribution in [3.63, 3.8) is 0 Å². The lowest BCUT2D eigenvalue weighted by atomic mass is 10.2. The van der Waals surface area contributed by atoms with Crippen LogP contribution in [0.3, 0.4) is 0 Å². The summed E-state index contributed by atoms with van der Waals surface area (Å²) in [7, 11) is 0. The second-order valence-corrected chi connectivity index (χ2v) is 4.81. The molecule has 0 spiro atoms. The molecule has 90 valence electrons. The third-order valence-corrected chi connectivity index (χ3v) is 2.12. The van der Waals surface area contributed by atoms with Gasteiger partial charge < -0.3 is 14.4 Å². The zero-order valence-corrected chi connectivity index (χ0v) is 10.4. The van der Waals surface area contributed by atoms with E-state index in [2.05, 4.69) is 12.0 Å². The SMILES string of the molecule is CC#CO[C@H]1CCN(C(=O)OC(C)(C)C)C1. The molecule has 16 heavy (non-hydrogen) atoms. The van der Waals surface area contributed by atoms with Crippen LogP contribution in [-0.2, 0) is 9.47 Å². The summed E-state index contributed by atoms with van der Waals surface area (Å²) < 4.78 is 10.5. The molecule has 1 amide bonds. The molecular weight excluding hydrogens is 206 g/mol. The van der Waals surface area contributed by atoms with Gasteiger partial charge in [0.1, 0.15) is 17.8 Å². The topological polar surface area (TPSA) is 38.8 Å². The highest BCUT2D eigenvalue weighted by atomic mass is 16.6. The van der Waals surface area contributed by atoms with E-state index in [1.165, 1.54) is 0 Å². The van der Waals surface area contributed by atoms with Gasteiger partial charge in [0.25, 0.3) is 0 Å². The smallest absolute Gasteiger partial charge is 0.410 e. The van der Waals surface area contributed by atoms with Crippen LogP contribution in [0.4, 0.5) is 4.79 Å². The van der Waals surface area contributed by atoms with Gasteiger partial charge in [-0.25, -0.2) is 4.79 Å². The molecule has 0 aromatic rings. The number of carbonyl (C=O) groups is 1. The maximum absolute atomic E-state index is 11.7. The van der Waals surface area contributed by atoms with Gasteiger partial charge in [0.05, 0.1) is 6.54 Å². The van der Waals surface area contributed by atoms with Crippen LogP contribution < -0.4 is 0 Å². The summed E-state index contributed by atoms with van der Waals surface area (Å²) in [4.78, 5) is 13.4. The molecule has 0 aromatic carbocycles. The molecule has 1 aliphatic heterocycles. The van der Waals surface area contributed by atoms with E-state index in [0.29, 0.717) is 13.1 Å². The quantitative estimate of drug-likeness (QED) is 0.641. The van der Waals surface area contributed by atoms with Crippen LogP contribution in [0.15, 0.2) is 0 Å². The maximum Gasteiger partial charge on any atom is 0.410 e. The summed E-state index contributed by atoms with van der Waals surface area (Å²) in [5.74, 6) is 2.67. The van der Waals surface area contributed by atoms with Gasteiger partial charge in [-0.15, -0.1) is 0 Å². The molecule has 4 nitrogen and oxygen atoms in total. The molecule has 1 aliphatic rings. The molecule has 0 saturated carbocycles. The lowest BCUT2D eigenvalue weighted by molar-refractivity contribution is 0.0270. The highest BCUT2D eigenvalue weighted by Crippen LogP contribution is 2.16. The van der Waals surface area contributed by atoms with E-state index >= 15 is 0 Å². The van der Waals surface area contributed by atoms with Crippen molar-refractivity contribution in [2.45, 2.75) is 45.8 Å². The van der Waals surface area contributed by atoms with Gasteiger partial charge in [-0.2, -0.15) is 0 Å². The summed E-state index contributed by atoms with van der Waals surface area (Å²) in [6, 6.07) is 0. The number of hydrogen-bond donors (Lipinski definition) is 0. The van der Waals surface area contributed by atoms with E-state index in [9.17, 15) is 4.79 Å². The third kappa shape index (κ3) is 4.01. The standard InChI is InChI=1S/C12H19NO3/c1-5-8-15-10-6-7-13(9-10)11(14)16-12(2,3)4/h10H,6-7,9H2,1-4H3/t10-/m0/s1. The molecule has 1 heterocycles. The first-order valence-corrected chi connectivity index (χ1v) is 5.47. The van der Waals surface area contributed by atoms with E-state index in [4.69, 9.17) is 9.47 Å². The van der Waals surface area contributed by atoms with E-state index in [0.717, 1.165) is 6.42 Å². The monoisotopic (exact) mass is 225 g/mol. The number of nitrogens with zero attached hydrogens (tertiary/aromatic N) is 1. The van der Waals surface area contributed by atoms with Crippen molar-refractivity contribution in [1.29, 1.82) is 0 Å². The fourth-order valence-electron chi connectivity index (χ4n) is 1.46. The predicted octanol–water partition coefficient (Wildman–Crippen LogP) is 1.99. The van der Waals surface area contributed by atoms with Crippen molar-refractivity contribution in [3.05, 3.63) is 0 Å². The van der Waals surface area contributed by atoms with Crippen LogP contribution in [0.2, 0.25) is 0 Å². The molecule has 0 radical (unpaired) electrons. The molecule has 0 bridgehead atoms. The van der Waals surface area contributed by atoms with Gasteiger partial charge in [-0.1, -0.05) is 5.92 Å². The highest BCUT2D eigenvalue weighted by Gasteiger charge is 2.30. The Morgan fingerprint density at radius 2 is 2.12 bits per heavy atom. The molecule has 0 aliphatic carbocycles. The fourth-order valence-corrected chi connectivity index (χ4v) is 1.46. The maximum atomic E-state index is 11.7. The Bertz CT molecular complexity index is 308. The van der Waals surface area contributed by atoms with Gasteiger partial charge in [0.15, 0.2) is 0 Å². The first kappa shape index (κ1) is 12.7. The van der Waals surface area contributed by atoms with Crippen LogP contribution in [-0.4, -0.2) is 35.8 Å². The molecule has 1 fully saturated rings. The van der Waals surface area contributed by atoms with Crippen molar-refractivity contribution >= 4 is 6.09 Å². The predicted molar refractivity (Wildman–Crippen MR) is 60.7 cm³/mol. The lowest BCUT2D eigenvalue weighted by Crippen LogP contribution is -2.35. The molecule has 0 aromatic heterocycles. The number of ether oxygens (including phenoxy) is 2. The van der Waals surface area contributed by atoms with Gasteiger partial charge in [0.2, 0.25) is 0 Å². The van der Waals surface area contributed by atoms with Crippen molar-refractivity contribution in [1.82, 2.24) is 4.90 Å². The molecule has 0 unspecified atom stereocenters. The number of hydrogen-bond acceptors (Lipinski definition) is 3. The summed E-state index contributed by atoms with van der Waals surface area (Å²) in [5.41, 5.74) is -0.445. The number of rotatable bonds is 1. The van der Waals surface area contributed by atoms with Crippen molar-refractivity contribution < 1.29 is 14.3 Å². The van der Waals surface area contributed by atoms with Gasteiger partial charge in [0, 0.05) is 19.9 Å². The highest BCUT2D eigenvalue weighted by molar-refractivity contribution is 5.68. The summed E-state index contributed by atoms with van der Waals surface area (Å²) in [6.07, 6.45) is 3.12. The first-order chi connectivity index (χ1) is 7.42. The molecule has 1 atom stereocenters. The van der Waals surface area contributed by atoms with E-state index < -0.39 is 5.60 Å². The number of likely N-dealkylation sites (tertiary alicyclic amines) is 1. The average Bonchev–Trinajstić information content (AvgIpc) is 2.60. The second kappa shape index (κ2) is 5.11. The Balaban J connectivity index is 2.40. The van der Waals surface area contributed by atoms with E-state index in [1.807, 2.05) is 20.8 Å². The molecule has 4 heteroatoms. The van der Waals surface area contributed by atoms with Crippen LogP contribution >= 0.6 is 0 Å². The zero-order chi connectivity index (χ0) is 12.2. The Hall–Kier alpha value is -1.37. The van der Waals surface area contributed by atoms with Crippen LogP contribution in [0, 0.1) is 12.0 Å². The van der Waals surface area contributed by atoms with Crippen LogP contribution in [0.1, 0.15) is 34.1 Å². The third-order valence-electron chi connectivity index (χ3n) is 2.12. The second-order valence-electron chi connectivity index (χ2n) is 4.81. The molecule has 0 N–H and O–H groups in total. The van der Waals surface area contributed by atoms with E-state index in [1.54, 1.807) is 11.8 Å². The minimum Gasteiger partial charge on any atom is -0.444 e. The number of amides is 1. The van der Waals surface area contributed by atoms with E-state index in [-0.39, 0.29) is 12.2 Å². The molecule has 1 saturated heterocycles. The minimum atomic E-state index is -0.445. The molecule has 1 rings (SSSR count). The zero-order valence-electron chi connectivity index (χ0n) is 10.4. The minimum absolute atomic E-state index is 0.0139. The summed E-state index contributed by atoms with van der Waals surface area (Å²) >= 11 is 0. The van der Waals surface area contributed by atoms with Crippen molar-refractivity contribution in [2.24, 2.45) is 0 Å².